The fourth-order valence-electron chi connectivity index (χ4n) is 2.55. The summed E-state index contributed by atoms with van der Waals surface area (Å²) in [4.78, 5) is 16.8. The number of hydrogen-bond acceptors (Lipinski definition) is 6. The van der Waals surface area contributed by atoms with Crippen LogP contribution < -0.4 is 14.8 Å². The normalized spacial score (nSPS) is 13.3. The quantitative estimate of drug-likeness (QED) is 0.242. The van der Waals surface area contributed by atoms with Crippen LogP contribution in [0.25, 0.3) is 0 Å². The number of benzene rings is 2. The van der Waals surface area contributed by atoms with Crippen LogP contribution in [0, 0.1) is 0 Å². The molecule has 0 aliphatic heterocycles. The average molecular weight is 549 g/mol. The second kappa shape index (κ2) is 11.7. The van der Waals surface area contributed by atoms with Gasteiger partial charge in [-0.15, -0.1) is 13.2 Å². The number of alkyl halides is 6. The molecule has 15 heteroatoms. The molecule has 0 aromatic heterocycles. The molecule has 1 N–H and O–H groups in total. The van der Waals surface area contributed by atoms with Crippen LogP contribution in [0.1, 0.15) is 11.1 Å². The zero-order valence-electron chi connectivity index (χ0n) is 17.8. The minimum absolute atomic E-state index is 0.0573. The highest BCUT2D eigenvalue weighted by Crippen LogP contribution is 2.41. The Balaban J connectivity index is 2.24. The van der Waals surface area contributed by atoms with E-state index in [0.717, 1.165) is 12.1 Å². The molecule has 0 fully saturated rings. The van der Waals surface area contributed by atoms with Gasteiger partial charge in [0.05, 0.1) is 10.0 Å². The minimum Gasteiger partial charge on any atom is -0.489 e. The third-order valence-electron chi connectivity index (χ3n) is 4.00. The molecule has 0 aliphatic carbocycles. The second-order valence-electron chi connectivity index (χ2n) is 6.41. The number of rotatable bonds is 10. The van der Waals surface area contributed by atoms with Crippen LogP contribution >= 0.6 is 23.2 Å². The van der Waals surface area contributed by atoms with Crippen molar-refractivity contribution in [1.29, 1.82) is 0 Å². The maximum atomic E-state index is 13.7. The van der Waals surface area contributed by atoms with Gasteiger partial charge in [-0.3, -0.25) is 4.79 Å². The van der Waals surface area contributed by atoms with Gasteiger partial charge in [-0.2, -0.15) is 8.78 Å². The van der Waals surface area contributed by atoms with Crippen molar-refractivity contribution in [3.63, 3.8) is 0 Å². The van der Waals surface area contributed by atoms with Gasteiger partial charge in [0, 0.05) is 24.7 Å². The summed E-state index contributed by atoms with van der Waals surface area (Å²) in [6.07, 6.45) is -15.0. The van der Waals surface area contributed by atoms with Gasteiger partial charge in [0.15, 0.2) is 11.5 Å². The Morgan fingerprint density at radius 3 is 2.26 bits per heavy atom. The predicted octanol–water partition coefficient (Wildman–Crippen LogP) is 5.47. The number of carbonyl (C=O) groups excluding carboxylic acids is 1. The van der Waals surface area contributed by atoms with Gasteiger partial charge in [0.1, 0.15) is 19.5 Å². The van der Waals surface area contributed by atoms with E-state index in [4.69, 9.17) is 32.8 Å². The molecule has 2 aromatic carbocycles. The summed E-state index contributed by atoms with van der Waals surface area (Å²) in [5, 5.41) is 4.87. The van der Waals surface area contributed by atoms with Crippen molar-refractivity contribution in [2.75, 3.05) is 14.2 Å². The van der Waals surface area contributed by atoms with Gasteiger partial charge in [-0.25, -0.2) is 9.13 Å². The number of halogens is 8. The molecule has 0 saturated heterocycles. The summed E-state index contributed by atoms with van der Waals surface area (Å²) >= 11 is 11.7. The van der Waals surface area contributed by atoms with E-state index in [-0.39, 0.29) is 18.1 Å². The molecule has 0 spiro atoms. The van der Waals surface area contributed by atoms with Crippen molar-refractivity contribution in [1.82, 2.24) is 5.32 Å². The molecule has 1 unspecified atom stereocenters. The first-order valence-electron chi connectivity index (χ1n) is 9.27. The maximum absolute atomic E-state index is 13.7. The summed E-state index contributed by atoms with van der Waals surface area (Å²) in [6.45, 7) is -0.190. The molecule has 0 saturated carbocycles. The van der Waals surface area contributed by atoms with Crippen molar-refractivity contribution < 1.29 is 50.2 Å². The summed E-state index contributed by atoms with van der Waals surface area (Å²) in [5.41, 5.74) is 0.748. The van der Waals surface area contributed by atoms with Crippen molar-refractivity contribution in [3.8, 4) is 11.5 Å². The number of nitrogens with zero attached hydrogens (tertiary/aromatic N) is 1. The Morgan fingerprint density at radius 1 is 1.11 bits per heavy atom. The molecule has 2 aromatic rings. The highest BCUT2D eigenvalue weighted by Gasteiger charge is 2.51. The van der Waals surface area contributed by atoms with E-state index >= 15 is 0 Å². The SMILES string of the molecule is CNC(=O)/C(=N/OC)c1ccccc1COc1cc(Cl)c(OC(F)(F)C(F)OC(F)(F)F)c(Cl)c1. The molecule has 1 amide bonds. The molecule has 2 rings (SSSR count). The van der Waals surface area contributed by atoms with Gasteiger partial charge in [-0.1, -0.05) is 52.6 Å². The van der Waals surface area contributed by atoms with Crippen LogP contribution in [-0.4, -0.2) is 44.6 Å². The number of oxime groups is 1. The first-order valence-corrected chi connectivity index (χ1v) is 10.0. The Hall–Kier alpha value is -2.90. The fourth-order valence-corrected chi connectivity index (χ4v) is 3.09. The van der Waals surface area contributed by atoms with E-state index in [2.05, 4.69) is 19.9 Å². The van der Waals surface area contributed by atoms with Crippen LogP contribution in [0.3, 0.4) is 0 Å². The molecule has 0 bridgehead atoms. The first kappa shape index (κ1) is 28.3. The number of ether oxygens (including phenoxy) is 3. The zero-order chi connectivity index (χ0) is 26.4. The fraction of sp³-hybridized carbons (Fsp3) is 0.300. The van der Waals surface area contributed by atoms with Crippen molar-refractivity contribution in [2.24, 2.45) is 5.16 Å². The van der Waals surface area contributed by atoms with Crippen molar-refractivity contribution in [2.45, 2.75) is 25.4 Å². The Bertz CT molecular complexity index is 1060. The third-order valence-corrected chi connectivity index (χ3v) is 4.56. The van der Waals surface area contributed by atoms with E-state index < -0.39 is 40.5 Å². The molecule has 192 valence electrons. The summed E-state index contributed by atoms with van der Waals surface area (Å²) < 4.78 is 89.0. The molecule has 35 heavy (non-hydrogen) atoms. The lowest BCUT2D eigenvalue weighted by Crippen LogP contribution is -2.41. The summed E-state index contributed by atoms with van der Waals surface area (Å²) in [7, 11) is 2.64. The van der Waals surface area contributed by atoms with E-state index in [1.54, 1.807) is 24.3 Å². The Kier molecular flexibility index (Phi) is 9.46. The van der Waals surface area contributed by atoms with Gasteiger partial charge in [-0.05, 0) is 5.56 Å². The van der Waals surface area contributed by atoms with Gasteiger partial charge in [0.2, 0.25) is 0 Å². The molecule has 0 heterocycles. The topological polar surface area (TPSA) is 78.4 Å². The highest BCUT2D eigenvalue weighted by molar-refractivity contribution is 6.45. The molecule has 7 nitrogen and oxygen atoms in total. The third kappa shape index (κ3) is 7.80. The number of amides is 1. The number of likely N-dealkylation sites (N-methyl/N-ethyl adjacent to an activating group) is 1. The van der Waals surface area contributed by atoms with Crippen molar-refractivity contribution in [3.05, 3.63) is 57.6 Å². The first-order chi connectivity index (χ1) is 16.3. The van der Waals surface area contributed by atoms with Gasteiger partial charge >= 0.3 is 18.8 Å². The second-order valence-corrected chi connectivity index (χ2v) is 7.22. The van der Waals surface area contributed by atoms with Crippen molar-refractivity contribution >= 4 is 34.8 Å². The zero-order valence-corrected chi connectivity index (χ0v) is 19.3. The summed E-state index contributed by atoms with van der Waals surface area (Å²) in [6, 6.07) is 8.37. The Labute approximate surface area is 204 Å². The van der Waals surface area contributed by atoms with E-state index in [1.807, 2.05) is 0 Å². The van der Waals surface area contributed by atoms with E-state index in [0.29, 0.717) is 11.1 Å². The lowest BCUT2D eigenvalue weighted by molar-refractivity contribution is -0.411. The lowest BCUT2D eigenvalue weighted by atomic mass is 10.0. The molecule has 0 radical (unpaired) electrons. The van der Waals surface area contributed by atoms with Crippen LogP contribution in [0.2, 0.25) is 10.0 Å². The van der Waals surface area contributed by atoms with Crippen LogP contribution in [0.15, 0.2) is 41.6 Å². The molecular formula is C20H16Cl2F6N2O5. The largest absolute Gasteiger partial charge is 0.525 e. The standard InChI is InChI=1S/C20H16Cl2F6N2O5/c1-29-17(31)15(30-32-2)12-6-4-3-5-10(12)9-33-11-7-13(21)16(14(22)8-11)34-19(24,25)18(23)35-20(26,27)28/h3-8,18H,9H2,1-2H3,(H,29,31)/b30-15+. The van der Waals surface area contributed by atoms with Crippen LogP contribution in [0.5, 0.6) is 11.5 Å². The number of carbonyl (C=O) groups is 1. The summed E-state index contributed by atoms with van der Waals surface area (Å²) in [5.74, 6) is -1.62. The monoisotopic (exact) mass is 548 g/mol. The van der Waals surface area contributed by atoms with E-state index in [9.17, 15) is 31.1 Å². The van der Waals surface area contributed by atoms with Gasteiger partial charge in [0.25, 0.3) is 5.91 Å². The average Bonchev–Trinajstić information content (AvgIpc) is 2.77. The molecule has 0 aliphatic rings. The molecular weight excluding hydrogens is 533 g/mol. The lowest BCUT2D eigenvalue weighted by Gasteiger charge is -2.23. The van der Waals surface area contributed by atoms with E-state index in [1.165, 1.54) is 14.2 Å². The predicted molar refractivity (Wildman–Crippen MR) is 112 cm³/mol. The van der Waals surface area contributed by atoms with Gasteiger partial charge < -0.3 is 19.6 Å². The smallest absolute Gasteiger partial charge is 0.489 e. The highest BCUT2D eigenvalue weighted by atomic mass is 35.5. The number of nitrogens with one attached hydrogen (secondary N) is 1. The van der Waals surface area contributed by atoms with Crippen LogP contribution in [0.4, 0.5) is 26.3 Å². The minimum atomic E-state index is -5.68. The number of hydrogen-bond donors (Lipinski definition) is 1. The Morgan fingerprint density at radius 2 is 1.71 bits per heavy atom. The molecule has 1 atom stereocenters. The maximum Gasteiger partial charge on any atom is 0.525 e. The van der Waals surface area contributed by atoms with Crippen LogP contribution in [-0.2, 0) is 21.0 Å².